The van der Waals surface area contributed by atoms with Crippen LogP contribution in [0, 0.1) is 17.1 Å². The average Bonchev–Trinajstić information content (AvgIpc) is 2.62. The van der Waals surface area contributed by atoms with Crippen LogP contribution in [0.15, 0.2) is 46.4 Å². The van der Waals surface area contributed by atoms with Gasteiger partial charge in [0.1, 0.15) is 30.7 Å². The molecule has 0 aliphatic carbocycles. The minimum Gasteiger partial charge on any atom is -0.486 e. The van der Waals surface area contributed by atoms with E-state index in [0.717, 1.165) is 0 Å². The molecule has 1 N–H and O–H groups in total. The number of nitrogens with zero attached hydrogens (tertiary/aromatic N) is 1. The quantitative estimate of drug-likeness (QED) is 0.623. The number of carbonyl (C=O) groups is 1. The predicted molar refractivity (Wildman–Crippen MR) is 93.8 cm³/mol. The van der Waals surface area contributed by atoms with Gasteiger partial charge >= 0.3 is 0 Å². The molecule has 7 heteroatoms. The fourth-order valence-electron chi connectivity index (χ4n) is 2.25. The number of amides is 1. The van der Waals surface area contributed by atoms with E-state index < -0.39 is 11.7 Å². The molecule has 1 aliphatic rings. The van der Waals surface area contributed by atoms with Crippen molar-refractivity contribution in [1.29, 1.82) is 5.26 Å². The summed E-state index contributed by atoms with van der Waals surface area (Å²) in [7, 11) is 0. The summed E-state index contributed by atoms with van der Waals surface area (Å²) < 4.78 is 25.3. The molecule has 1 aliphatic heterocycles. The number of nitrogens with one attached hydrogen (secondary N) is 1. The van der Waals surface area contributed by atoms with Gasteiger partial charge in [0.05, 0.1) is 0 Å². The molecule has 1 heterocycles. The largest absolute Gasteiger partial charge is 0.486 e. The van der Waals surface area contributed by atoms with Crippen LogP contribution >= 0.6 is 15.9 Å². The number of hydrogen-bond acceptors (Lipinski definition) is 4. The summed E-state index contributed by atoms with van der Waals surface area (Å²) in [5, 5.41) is 11.8. The zero-order valence-corrected chi connectivity index (χ0v) is 14.5. The monoisotopic (exact) mass is 402 g/mol. The van der Waals surface area contributed by atoms with Crippen LogP contribution in [0.2, 0.25) is 0 Å². The average molecular weight is 403 g/mol. The van der Waals surface area contributed by atoms with Crippen molar-refractivity contribution < 1.29 is 18.7 Å². The molecule has 1 amide bonds. The minimum atomic E-state index is -0.640. The maximum absolute atomic E-state index is 13.8. The second-order valence-corrected chi connectivity index (χ2v) is 6.06. The van der Waals surface area contributed by atoms with Gasteiger partial charge in [0.25, 0.3) is 5.91 Å². The van der Waals surface area contributed by atoms with Crippen molar-refractivity contribution in [1.82, 2.24) is 0 Å². The SMILES string of the molecule is N#CC(=Cc1cc(Br)ccc1F)C(=O)Nc1ccc2c(c1)OCCO2. The van der Waals surface area contributed by atoms with Gasteiger partial charge in [-0.2, -0.15) is 5.26 Å². The van der Waals surface area contributed by atoms with Crippen molar-refractivity contribution in [2.24, 2.45) is 0 Å². The van der Waals surface area contributed by atoms with E-state index in [2.05, 4.69) is 21.2 Å². The van der Waals surface area contributed by atoms with Crippen molar-refractivity contribution in [3.8, 4) is 17.6 Å². The van der Waals surface area contributed by atoms with Gasteiger partial charge in [-0.3, -0.25) is 4.79 Å². The van der Waals surface area contributed by atoms with Crippen LogP contribution in [0.4, 0.5) is 10.1 Å². The Morgan fingerprint density at radius 2 is 1.96 bits per heavy atom. The third-order valence-electron chi connectivity index (χ3n) is 3.42. The summed E-state index contributed by atoms with van der Waals surface area (Å²) in [4.78, 5) is 12.3. The normalized spacial score (nSPS) is 13.1. The summed E-state index contributed by atoms with van der Waals surface area (Å²) in [5.41, 5.74) is 0.375. The molecule has 2 aromatic rings. The van der Waals surface area contributed by atoms with E-state index in [9.17, 15) is 14.4 Å². The van der Waals surface area contributed by atoms with Gasteiger partial charge in [-0.1, -0.05) is 15.9 Å². The smallest absolute Gasteiger partial charge is 0.266 e. The van der Waals surface area contributed by atoms with Crippen LogP contribution in [0.3, 0.4) is 0 Å². The standard InChI is InChI=1S/C18H12BrFN2O3/c19-13-1-3-15(20)11(8-13)7-12(10-21)18(23)22-14-2-4-16-17(9-14)25-6-5-24-16/h1-4,7-9H,5-6H2,(H,22,23). The van der Waals surface area contributed by atoms with E-state index >= 15 is 0 Å². The van der Waals surface area contributed by atoms with E-state index in [-0.39, 0.29) is 11.1 Å². The van der Waals surface area contributed by atoms with Gasteiger partial charge in [-0.15, -0.1) is 0 Å². The Balaban J connectivity index is 1.82. The Morgan fingerprint density at radius 3 is 2.72 bits per heavy atom. The number of ether oxygens (including phenoxy) is 2. The maximum Gasteiger partial charge on any atom is 0.266 e. The van der Waals surface area contributed by atoms with E-state index in [4.69, 9.17) is 9.47 Å². The molecular formula is C18H12BrFN2O3. The molecule has 25 heavy (non-hydrogen) atoms. The number of rotatable bonds is 3. The van der Waals surface area contributed by atoms with Gasteiger partial charge in [-0.25, -0.2) is 4.39 Å². The highest BCUT2D eigenvalue weighted by molar-refractivity contribution is 9.10. The van der Waals surface area contributed by atoms with Crippen molar-refractivity contribution in [3.05, 3.63) is 57.8 Å². The second kappa shape index (κ2) is 7.36. The molecule has 0 fully saturated rings. The van der Waals surface area contributed by atoms with E-state index in [1.807, 2.05) is 0 Å². The van der Waals surface area contributed by atoms with E-state index in [1.54, 1.807) is 24.3 Å². The number of benzene rings is 2. The molecule has 5 nitrogen and oxygen atoms in total. The molecule has 0 aromatic heterocycles. The minimum absolute atomic E-state index is 0.142. The first-order valence-electron chi connectivity index (χ1n) is 7.34. The molecule has 126 valence electrons. The van der Waals surface area contributed by atoms with E-state index in [0.29, 0.717) is 34.9 Å². The van der Waals surface area contributed by atoms with Gasteiger partial charge in [0.2, 0.25) is 0 Å². The third-order valence-corrected chi connectivity index (χ3v) is 3.92. The van der Waals surface area contributed by atoms with Crippen LogP contribution in [0.1, 0.15) is 5.56 Å². The van der Waals surface area contributed by atoms with Crippen molar-refractivity contribution >= 4 is 33.6 Å². The second-order valence-electron chi connectivity index (χ2n) is 5.15. The van der Waals surface area contributed by atoms with Crippen molar-refractivity contribution in [2.75, 3.05) is 18.5 Å². The van der Waals surface area contributed by atoms with Crippen molar-refractivity contribution in [3.63, 3.8) is 0 Å². The predicted octanol–water partition coefficient (Wildman–Crippen LogP) is 3.91. The van der Waals surface area contributed by atoms with Crippen LogP contribution in [-0.2, 0) is 4.79 Å². The molecule has 0 atom stereocenters. The van der Waals surface area contributed by atoms with Gasteiger partial charge in [0.15, 0.2) is 11.5 Å². The lowest BCUT2D eigenvalue weighted by Gasteiger charge is -2.18. The van der Waals surface area contributed by atoms with Gasteiger partial charge in [0, 0.05) is 21.8 Å². The van der Waals surface area contributed by atoms with Crippen LogP contribution in [-0.4, -0.2) is 19.1 Å². The third kappa shape index (κ3) is 3.98. The van der Waals surface area contributed by atoms with Crippen LogP contribution in [0.5, 0.6) is 11.5 Å². The highest BCUT2D eigenvalue weighted by Gasteiger charge is 2.15. The Bertz CT molecular complexity index is 906. The Labute approximate surface area is 151 Å². The number of hydrogen-bond donors (Lipinski definition) is 1. The molecule has 0 radical (unpaired) electrons. The fourth-order valence-corrected chi connectivity index (χ4v) is 2.63. The Kier molecular flexibility index (Phi) is 5.00. The molecule has 3 rings (SSSR count). The van der Waals surface area contributed by atoms with Crippen LogP contribution < -0.4 is 14.8 Å². The first kappa shape index (κ1) is 17.0. The van der Waals surface area contributed by atoms with E-state index in [1.165, 1.54) is 24.3 Å². The Morgan fingerprint density at radius 1 is 1.20 bits per heavy atom. The summed E-state index contributed by atoms with van der Waals surface area (Å²) >= 11 is 3.23. The number of carbonyl (C=O) groups excluding carboxylic acids is 1. The molecule has 0 saturated heterocycles. The van der Waals surface area contributed by atoms with Crippen molar-refractivity contribution in [2.45, 2.75) is 0 Å². The fraction of sp³-hybridized carbons (Fsp3) is 0.111. The molecular weight excluding hydrogens is 391 g/mol. The van der Waals surface area contributed by atoms with Gasteiger partial charge < -0.3 is 14.8 Å². The molecule has 0 unspecified atom stereocenters. The zero-order chi connectivity index (χ0) is 17.8. The highest BCUT2D eigenvalue weighted by atomic mass is 79.9. The number of halogens is 2. The zero-order valence-electron chi connectivity index (χ0n) is 12.9. The molecule has 0 saturated carbocycles. The van der Waals surface area contributed by atoms with Gasteiger partial charge in [-0.05, 0) is 36.4 Å². The molecule has 2 aromatic carbocycles. The lowest BCUT2D eigenvalue weighted by atomic mass is 10.1. The molecule has 0 spiro atoms. The number of fused-ring (bicyclic) bond motifs is 1. The maximum atomic E-state index is 13.8. The Hall–Kier alpha value is -2.85. The topological polar surface area (TPSA) is 71.4 Å². The number of anilines is 1. The summed E-state index contributed by atoms with van der Waals surface area (Å²) in [6.45, 7) is 0.897. The van der Waals surface area contributed by atoms with Crippen LogP contribution in [0.25, 0.3) is 6.08 Å². The summed E-state index contributed by atoms with van der Waals surface area (Å²) in [6, 6.07) is 11.0. The highest BCUT2D eigenvalue weighted by Crippen LogP contribution is 2.32. The summed E-state index contributed by atoms with van der Waals surface area (Å²) in [5.74, 6) is -0.0530. The summed E-state index contributed by atoms with van der Waals surface area (Å²) in [6.07, 6.45) is 1.20. The molecule has 0 bridgehead atoms. The first-order valence-corrected chi connectivity index (χ1v) is 8.14. The first-order chi connectivity index (χ1) is 12.1. The number of nitriles is 1. The lowest BCUT2D eigenvalue weighted by Crippen LogP contribution is -2.17. The lowest BCUT2D eigenvalue weighted by molar-refractivity contribution is -0.112.